The number of alkyl halides is 5. The molecule has 0 amide bonds. The Hall–Kier alpha value is -2.58. The van der Waals surface area contributed by atoms with Gasteiger partial charge in [-0.05, 0) is 86.3 Å². The molecular formula is C27H32F5NO3. The van der Waals surface area contributed by atoms with E-state index in [4.69, 9.17) is 4.74 Å². The third kappa shape index (κ3) is 6.03. The van der Waals surface area contributed by atoms with Crippen LogP contribution in [0.1, 0.15) is 63.4 Å². The number of benzene rings is 2. The van der Waals surface area contributed by atoms with Gasteiger partial charge in [0.25, 0.3) is 6.43 Å². The van der Waals surface area contributed by atoms with E-state index in [9.17, 15) is 31.9 Å². The van der Waals surface area contributed by atoms with Crippen LogP contribution in [-0.2, 0) is 4.79 Å². The topological polar surface area (TPSA) is 49.8 Å². The van der Waals surface area contributed by atoms with Crippen molar-refractivity contribution in [3.05, 3.63) is 35.9 Å². The van der Waals surface area contributed by atoms with Crippen molar-refractivity contribution in [3.63, 3.8) is 0 Å². The summed E-state index contributed by atoms with van der Waals surface area (Å²) < 4.78 is 72.9. The molecule has 0 spiro atoms. The molecule has 0 aromatic heterocycles. The number of ether oxygens (including phenoxy) is 1. The highest BCUT2D eigenvalue weighted by Gasteiger charge is 2.42. The van der Waals surface area contributed by atoms with Crippen molar-refractivity contribution in [2.45, 2.75) is 70.1 Å². The lowest BCUT2D eigenvalue weighted by molar-refractivity contribution is -0.185. The fourth-order valence-electron chi connectivity index (χ4n) is 5.66. The third-order valence-electron chi connectivity index (χ3n) is 7.82. The maximum atomic E-state index is 14.1. The summed E-state index contributed by atoms with van der Waals surface area (Å²) in [6.07, 6.45) is -4.25. The third-order valence-corrected chi connectivity index (χ3v) is 7.82. The monoisotopic (exact) mass is 513 g/mol. The van der Waals surface area contributed by atoms with Gasteiger partial charge in [0.2, 0.25) is 0 Å². The first-order valence-corrected chi connectivity index (χ1v) is 12.5. The second-order valence-corrected chi connectivity index (χ2v) is 10.3. The zero-order valence-electron chi connectivity index (χ0n) is 20.2. The normalized spacial score (nSPS) is 25.2. The van der Waals surface area contributed by atoms with Crippen molar-refractivity contribution in [2.75, 3.05) is 18.5 Å². The Balaban J connectivity index is 1.46. The highest BCUT2D eigenvalue weighted by atomic mass is 19.4. The van der Waals surface area contributed by atoms with E-state index in [2.05, 4.69) is 4.90 Å². The van der Waals surface area contributed by atoms with Gasteiger partial charge < -0.3 is 14.7 Å². The molecule has 0 heterocycles. The van der Waals surface area contributed by atoms with Gasteiger partial charge in [-0.1, -0.05) is 12.1 Å². The lowest BCUT2D eigenvalue weighted by Gasteiger charge is -2.31. The van der Waals surface area contributed by atoms with Crippen molar-refractivity contribution >= 4 is 22.4 Å². The molecule has 4 nitrogen and oxygen atoms in total. The van der Waals surface area contributed by atoms with Crippen molar-refractivity contribution in [3.8, 4) is 5.75 Å². The smallest absolute Gasteiger partial charge is 0.391 e. The molecule has 0 aliphatic heterocycles. The molecule has 2 aromatic rings. The number of carboxylic acid groups (broad SMARTS) is 1. The average Bonchev–Trinajstić information content (AvgIpc) is 2.83. The quantitative estimate of drug-likeness (QED) is 0.387. The zero-order valence-corrected chi connectivity index (χ0v) is 20.2. The van der Waals surface area contributed by atoms with Gasteiger partial charge in [0.05, 0.1) is 23.5 Å². The number of hydrogen-bond acceptors (Lipinski definition) is 3. The Bertz CT molecular complexity index is 1060. The first-order valence-electron chi connectivity index (χ1n) is 12.5. The molecule has 0 radical (unpaired) electrons. The Morgan fingerprint density at radius 3 is 2.28 bits per heavy atom. The molecule has 2 aliphatic carbocycles. The Morgan fingerprint density at radius 1 is 1.03 bits per heavy atom. The molecule has 0 bridgehead atoms. The molecule has 9 heteroatoms. The summed E-state index contributed by atoms with van der Waals surface area (Å²) in [6, 6.07) is 8.50. The van der Waals surface area contributed by atoms with Crippen LogP contribution in [0.4, 0.5) is 27.6 Å². The number of hydrogen-bond donors (Lipinski definition) is 1. The Morgan fingerprint density at radius 2 is 1.69 bits per heavy atom. The maximum absolute atomic E-state index is 14.1. The summed E-state index contributed by atoms with van der Waals surface area (Å²) in [6.45, 7) is 0.751. The Labute approximate surface area is 207 Å². The molecule has 4 rings (SSSR count). The van der Waals surface area contributed by atoms with Gasteiger partial charge in [0.15, 0.2) is 0 Å². The van der Waals surface area contributed by atoms with E-state index < -0.39 is 30.6 Å². The second kappa shape index (κ2) is 10.8. The van der Waals surface area contributed by atoms with Gasteiger partial charge in [0.1, 0.15) is 5.75 Å². The number of aliphatic carboxylic acids is 1. The number of carbonyl (C=O) groups is 1. The molecule has 2 aliphatic rings. The standard InChI is InChI=1S/C27H32F5NO3/c1-33(15-16-2-4-17(5-3-16)26(34)35)20-9-12-22-18(14-20)6-13-23(24(22)25(28)29)36-21-10-7-19(8-11-21)27(30,31)32/h6,9,12-14,16-17,19,21,25H,2-5,7-8,10-11,15H2,1H3,(H,34,35)/t16-,17-,19-,21+. The van der Waals surface area contributed by atoms with E-state index in [1.807, 2.05) is 13.1 Å². The number of anilines is 1. The van der Waals surface area contributed by atoms with Crippen LogP contribution in [0, 0.1) is 17.8 Å². The summed E-state index contributed by atoms with van der Waals surface area (Å²) >= 11 is 0. The fraction of sp³-hybridized carbons (Fsp3) is 0.593. The van der Waals surface area contributed by atoms with Crippen LogP contribution in [0.25, 0.3) is 10.8 Å². The lowest BCUT2D eigenvalue weighted by atomic mass is 9.82. The van der Waals surface area contributed by atoms with Crippen molar-refractivity contribution in [1.29, 1.82) is 0 Å². The van der Waals surface area contributed by atoms with Gasteiger partial charge in [-0.25, -0.2) is 8.78 Å². The number of fused-ring (bicyclic) bond motifs is 1. The van der Waals surface area contributed by atoms with Crippen LogP contribution in [-0.4, -0.2) is 36.9 Å². The molecule has 1 N–H and O–H groups in total. The van der Waals surface area contributed by atoms with Crippen molar-refractivity contribution < 1.29 is 36.6 Å². The minimum absolute atomic E-state index is 0.0317. The molecule has 0 atom stereocenters. The van der Waals surface area contributed by atoms with Gasteiger partial charge in [-0.2, -0.15) is 13.2 Å². The van der Waals surface area contributed by atoms with Crippen LogP contribution in [0.3, 0.4) is 0 Å². The van der Waals surface area contributed by atoms with Gasteiger partial charge in [0, 0.05) is 19.3 Å². The minimum atomic E-state index is -4.23. The number of carboxylic acids is 1. The molecule has 0 saturated heterocycles. The summed E-state index contributed by atoms with van der Waals surface area (Å²) in [5.74, 6) is -1.95. The largest absolute Gasteiger partial charge is 0.490 e. The number of rotatable bonds is 7. The molecule has 2 aromatic carbocycles. The van der Waals surface area contributed by atoms with E-state index in [1.54, 1.807) is 18.2 Å². The van der Waals surface area contributed by atoms with Crippen molar-refractivity contribution in [2.24, 2.45) is 17.8 Å². The summed E-state index contributed by atoms with van der Waals surface area (Å²) in [4.78, 5) is 13.2. The Kier molecular flexibility index (Phi) is 7.95. The summed E-state index contributed by atoms with van der Waals surface area (Å²) in [5, 5.41) is 10.2. The van der Waals surface area contributed by atoms with Gasteiger partial charge in [-0.15, -0.1) is 0 Å². The highest BCUT2D eigenvalue weighted by Crippen LogP contribution is 2.42. The van der Waals surface area contributed by atoms with E-state index in [1.165, 1.54) is 6.07 Å². The molecule has 198 valence electrons. The van der Waals surface area contributed by atoms with E-state index >= 15 is 0 Å². The van der Waals surface area contributed by atoms with E-state index in [0.29, 0.717) is 29.5 Å². The van der Waals surface area contributed by atoms with Gasteiger partial charge >= 0.3 is 12.1 Å². The highest BCUT2D eigenvalue weighted by molar-refractivity contribution is 5.90. The first kappa shape index (κ1) is 26.5. The first-order chi connectivity index (χ1) is 17.0. The lowest BCUT2D eigenvalue weighted by Crippen LogP contribution is -2.32. The van der Waals surface area contributed by atoms with Crippen molar-refractivity contribution in [1.82, 2.24) is 0 Å². The average molecular weight is 514 g/mol. The van der Waals surface area contributed by atoms with Gasteiger partial charge in [-0.3, -0.25) is 4.79 Å². The van der Waals surface area contributed by atoms with Crippen LogP contribution in [0.2, 0.25) is 0 Å². The number of halogens is 5. The van der Waals surface area contributed by atoms with E-state index in [0.717, 1.165) is 25.1 Å². The maximum Gasteiger partial charge on any atom is 0.391 e. The molecule has 36 heavy (non-hydrogen) atoms. The zero-order chi connectivity index (χ0) is 26.0. The molecule has 2 fully saturated rings. The fourth-order valence-corrected chi connectivity index (χ4v) is 5.66. The summed E-state index contributed by atoms with van der Waals surface area (Å²) in [5.41, 5.74) is 0.647. The SMILES string of the molecule is CN(C[C@H]1CC[C@H](C(=O)O)CC1)c1ccc2c(C(F)F)c(O[C@H]3CC[C@@H](C(F)(F)F)CC3)ccc2c1. The molecular weight excluding hydrogens is 481 g/mol. The number of nitrogens with zero attached hydrogens (tertiary/aromatic N) is 1. The van der Waals surface area contributed by atoms with E-state index in [-0.39, 0.29) is 42.9 Å². The summed E-state index contributed by atoms with van der Waals surface area (Å²) in [7, 11) is 1.94. The minimum Gasteiger partial charge on any atom is -0.490 e. The second-order valence-electron chi connectivity index (χ2n) is 10.3. The predicted octanol–water partition coefficient (Wildman–Crippen LogP) is 7.60. The van der Waals surface area contributed by atoms with Crippen LogP contribution in [0.15, 0.2) is 30.3 Å². The molecule has 0 unspecified atom stereocenters. The van der Waals surface area contributed by atoms with Crippen LogP contribution in [0.5, 0.6) is 5.75 Å². The van der Waals surface area contributed by atoms with Crippen LogP contribution >= 0.6 is 0 Å². The predicted molar refractivity (Wildman–Crippen MR) is 128 cm³/mol. The molecule has 2 saturated carbocycles. The van der Waals surface area contributed by atoms with Crippen LogP contribution < -0.4 is 9.64 Å².